The number of nitrogens with one attached hydrogen (secondary N) is 1. The maximum absolute atomic E-state index is 13.5. The number of carbonyl (C=O) groups is 2. The van der Waals surface area contributed by atoms with Crippen molar-refractivity contribution in [2.24, 2.45) is 0 Å². The van der Waals surface area contributed by atoms with E-state index in [4.69, 9.17) is 5.73 Å². The minimum atomic E-state index is -0.589. The first kappa shape index (κ1) is 21.3. The summed E-state index contributed by atoms with van der Waals surface area (Å²) < 4.78 is 2.36. The summed E-state index contributed by atoms with van der Waals surface area (Å²) in [6.45, 7) is 1.93. The Labute approximate surface area is 197 Å². The van der Waals surface area contributed by atoms with Gasteiger partial charge in [-0.25, -0.2) is 19.9 Å². The van der Waals surface area contributed by atoms with Crippen LogP contribution in [-0.2, 0) is 16.1 Å². The predicted octanol–water partition coefficient (Wildman–Crippen LogP) is 2.74. The SMILES string of the molecule is C[C@@H]1CC[C@@H](C(=O)Nc2cccc(Br)n2)N1C(=O)Cn1c2ncccc2c2c(N)ncnc21. The molecule has 33 heavy (non-hydrogen) atoms. The number of nitrogens with zero attached hydrogens (tertiary/aromatic N) is 6. The zero-order valence-electron chi connectivity index (χ0n) is 17.8. The molecule has 0 aromatic carbocycles. The molecule has 0 unspecified atom stereocenters. The highest BCUT2D eigenvalue weighted by Crippen LogP contribution is 2.31. The van der Waals surface area contributed by atoms with Crippen LogP contribution < -0.4 is 11.1 Å². The van der Waals surface area contributed by atoms with Crippen molar-refractivity contribution in [1.82, 2.24) is 29.4 Å². The van der Waals surface area contributed by atoms with Gasteiger partial charge in [-0.1, -0.05) is 6.07 Å². The normalized spacial score (nSPS) is 18.2. The monoisotopic (exact) mass is 508 g/mol. The van der Waals surface area contributed by atoms with E-state index >= 15 is 0 Å². The second kappa shape index (κ2) is 8.39. The van der Waals surface area contributed by atoms with Crippen molar-refractivity contribution in [3.05, 3.63) is 47.5 Å². The molecule has 5 rings (SSSR count). The Balaban J connectivity index is 1.45. The van der Waals surface area contributed by atoms with Crippen LogP contribution in [0.15, 0.2) is 47.5 Å². The van der Waals surface area contributed by atoms with E-state index in [1.54, 1.807) is 39.9 Å². The lowest BCUT2D eigenvalue weighted by Gasteiger charge is -2.28. The van der Waals surface area contributed by atoms with Crippen LogP contribution in [0.2, 0.25) is 0 Å². The van der Waals surface area contributed by atoms with Crippen molar-refractivity contribution in [2.45, 2.75) is 38.4 Å². The number of fused-ring (bicyclic) bond motifs is 3. The zero-order chi connectivity index (χ0) is 23.1. The fourth-order valence-electron chi connectivity index (χ4n) is 4.48. The molecule has 0 spiro atoms. The molecule has 1 aliphatic rings. The smallest absolute Gasteiger partial charge is 0.248 e. The molecule has 0 saturated carbocycles. The van der Waals surface area contributed by atoms with Gasteiger partial charge in [-0.15, -0.1) is 0 Å². The molecule has 4 aromatic rings. The number of nitrogens with two attached hydrogens (primary N) is 1. The Kier molecular flexibility index (Phi) is 5.41. The molecule has 168 valence electrons. The van der Waals surface area contributed by atoms with Crippen LogP contribution in [0, 0.1) is 0 Å². The van der Waals surface area contributed by atoms with Gasteiger partial charge in [-0.2, -0.15) is 0 Å². The van der Waals surface area contributed by atoms with Crippen LogP contribution >= 0.6 is 15.9 Å². The summed E-state index contributed by atoms with van der Waals surface area (Å²) in [6, 6.07) is 8.29. The highest BCUT2D eigenvalue weighted by Gasteiger charge is 2.39. The molecule has 2 amide bonds. The van der Waals surface area contributed by atoms with Crippen molar-refractivity contribution in [3.8, 4) is 0 Å². The molecular formula is C22H21BrN8O2. The number of amides is 2. The summed E-state index contributed by atoms with van der Waals surface area (Å²) in [5, 5.41) is 4.27. The first-order valence-electron chi connectivity index (χ1n) is 10.5. The maximum atomic E-state index is 13.5. The Morgan fingerprint density at radius 3 is 2.82 bits per heavy atom. The fourth-order valence-corrected chi connectivity index (χ4v) is 4.82. The first-order valence-corrected chi connectivity index (χ1v) is 11.3. The molecule has 11 heteroatoms. The lowest BCUT2D eigenvalue weighted by molar-refractivity contribution is -0.138. The Hall–Kier alpha value is -3.60. The van der Waals surface area contributed by atoms with E-state index in [1.165, 1.54) is 6.33 Å². The lowest BCUT2D eigenvalue weighted by atomic mass is 10.2. The van der Waals surface area contributed by atoms with Gasteiger partial charge in [-0.05, 0) is 60.0 Å². The van der Waals surface area contributed by atoms with Crippen molar-refractivity contribution in [1.29, 1.82) is 0 Å². The predicted molar refractivity (Wildman–Crippen MR) is 127 cm³/mol. The minimum absolute atomic E-state index is 0.0171. The highest BCUT2D eigenvalue weighted by atomic mass is 79.9. The topological polar surface area (TPSA) is 132 Å². The molecule has 10 nitrogen and oxygen atoms in total. The van der Waals surface area contributed by atoms with E-state index in [0.717, 1.165) is 11.8 Å². The average Bonchev–Trinajstić information content (AvgIpc) is 3.33. The third kappa shape index (κ3) is 3.78. The van der Waals surface area contributed by atoms with E-state index in [-0.39, 0.29) is 24.4 Å². The van der Waals surface area contributed by atoms with E-state index in [1.807, 2.05) is 13.0 Å². The van der Waals surface area contributed by atoms with Crippen LogP contribution in [-0.4, -0.2) is 53.3 Å². The Bertz CT molecular complexity index is 1390. The summed E-state index contributed by atoms with van der Waals surface area (Å²) in [6.07, 6.45) is 4.34. The lowest BCUT2D eigenvalue weighted by Crippen LogP contribution is -2.47. The van der Waals surface area contributed by atoms with E-state index in [9.17, 15) is 9.59 Å². The molecule has 5 heterocycles. The molecule has 1 saturated heterocycles. The third-order valence-corrected chi connectivity index (χ3v) is 6.38. The number of nitrogen functional groups attached to an aromatic ring is 1. The van der Waals surface area contributed by atoms with Crippen molar-refractivity contribution >= 4 is 61.4 Å². The maximum Gasteiger partial charge on any atom is 0.248 e. The number of carbonyl (C=O) groups excluding carboxylic acids is 2. The number of hydrogen-bond donors (Lipinski definition) is 2. The second-order valence-corrected chi connectivity index (χ2v) is 8.81. The van der Waals surface area contributed by atoms with Crippen LogP contribution in [0.3, 0.4) is 0 Å². The fraction of sp³-hybridized carbons (Fsp3) is 0.273. The number of aromatic nitrogens is 5. The number of anilines is 2. The molecule has 3 N–H and O–H groups in total. The molecule has 0 aliphatic carbocycles. The zero-order valence-corrected chi connectivity index (χ0v) is 19.4. The summed E-state index contributed by atoms with van der Waals surface area (Å²) >= 11 is 3.30. The number of halogens is 1. The van der Waals surface area contributed by atoms with Gasteiger partial charge in [-0.3, -0.25) is 9.59 Å². The van der Waals surface area contributed by atoms with Crippen LogP contribution in [0.5, 0.6) is 0 Å². The quantitative estimate of drug-likeness (QED) is 0.405. The van der Waals surface area contributed by atoms with Crippen LogP contribution in [0.4, 0.5) is 11.6 Å². The Morgan fingerprint density at radius 2 is 2.00 bits per heavy atom. The van der Waals surface area contributed by atoms with Gasteiger partial charge < -0.3 is 20.5 Å². The summed E-state index contributed by atoms with van der Waals surface area (Å²) in [5.74, 6) is 0.312. The molecule has 1 aliphatic heterocycles. The van der Waals surface area contributed by atoms with Gasteiger partial charge >= 0.3 is 0 Å². The molecule has 1 fully saturated rings. The van der Waals surface area contributed by atoms with Crippen molar-refractivity contribution in [3.63, 3.8) is 0 Å². The summed E-state index contributed by atoms with van der Waals surface area (Å²) in [7, 11) is 0. The van der Waals surface area contributed by atoms with Crippen molar-refractivity contribution in [2.75, 3.05) is 11.1 Å². The van der Waals surface area contributed by atoms with Gasteiger partial charge in [0.25, 0.3) is 0 Å². The molecular weight excluding hydrogens is 488 g/mol. The van der Waals surface area contributed by atoms with Gasteiger partial charge in [0, 0.05) is 17.6 Å². The number of hydrogen-bond acceptors (Lipinski definition) is 7. The standard InChI is InChI=1S/C22H21BrN8O2/c1-12-7-8-14(22(33)29-16-6-2-5-15(23)28-16)31(12)17(32)10-30-20-13(4-3-9-25-20)18-19(24)26-11-27-21(18)30/h2-6,9,11-12,14H,7-8,10H2,1H3,(H2,24,26,27)(H,28,29,33)/t12-,14+/m1/s1. The van der Waals surface area contributed by atoms with Gasteiger partial charge in [0.1, 0.15) is 46.4 Å². The largest absolute Gasteiger partial charge is 0.383 e. The Morgan fingerprint density at radius 1 is 1.15 bits per heavy atom. The van der Waals surface area contributed by atoms with E-state index in [0.29, 0.717) is 39.3 Å². The minimum Gasteiger partial charge on any atom is -0.383 e. The van der Waals surface area contributed by atoms with Gasteiger partial charge in [0.2, 0.25) is 11.8 Å². The summed E-state index contributed by atoms with van der Waals surface area (Å²) in [4.78, 5) is 45.4. The molecule has 4 aromatic heterocycles. The van der Waals surface area contributed by atoms with Crippen LogP contribution in [0.1, 0.15) is 19.8 Å². The van der Waals surface area contributed by atoms with E-state index in [2.05, 4.69) is 41.2 Å². The van der Waals surface area contributed by atoms with Gasteiger partial charge in [0.05, 0.1) is 5.39 Å². The van der Waals surface area contributed by atoms with Crippen molar-refractivity contribution < 1.29 is 9.59 Å². The summed E-state index contributed by atoms with van der Waals surface area (Å²) in [5.41, 5.74) is 7.24. The number of likely N-dealkylation sites (tertiary alicyclic amines) is 1. The van der Waals surface area contributed by atoms with Gasteiger partial charge in [0.15, 0.2) is 0 Å². The second-order valence-electron chi connectivity index (χ2n) is 8.00. The molecule has 0 radical (unpaired) electrons. The average molecular weight is 509 g/mol. The number of rotatable bonds is 4. The van der Waals surface area contributed by atoms with Crippen LogP contribution in [0.25, 0.3) is 22.1 Å². The third-order valence-electron chi connectivity index (χ3n) is 5.94. The first-order chi connectivity index (χ1) is 15.9. The van der Waals surface area contributed by atoms with E-state index < -0.39 is 6.04 Å². The number of pyridine rings is 2. The highest BCUT2D eigenvalue weighted by molar-refractivity contribution is 9.10. The molecule has 2 atom stereocenters. The molecule has 0 bridgehead atoms.